The maximum absolute atomic E-state index is 12.6. The molecule has 2 rings (SSSR count). The number of aliphatic imine (C=N–C) groups is 1. The number of rotatable bonds is 7. The van der Waals surface area contributed by atoms with Crippen molar-refractivity contribution in [3.8, 4) is 0 Å². The Morgan fingerprint density at radius 1 is 1.19 bits per heavy atom. The first kappa shape index (κ1) is 24.2. The first-order valence-corrected chi connectivity index (χ1v) is 11.1. The number of nitrogens with zero attached hydrogens (tertiary/aromatic N) is 1. The van der Waals surface area contributed by atoms with Gasteiger partial charge in [-0.15, -0.1) is 24.0 Å². The Hall–Kier alpha value is -0.870. The quantitative estimate of drug-likeness (QED) is 0.299. The van der Waals surface area contributed by atoms with Crippen LogP contribution in [0.5, 0.6) is 0 Å². The molecule has 0 heterocycles. The Balaban J connectivity index is 0.00000364. The van der Waals surface area contributed by atoms with Gasteiger partial charge >= 0.3 is 0 Å². The third-order valence-electron chi connectivity index (χ3n) is 4.71. The molecule has 1 aliphatic carbocycles. The molecular formula is C19H32IN3O3S. The number of aliphatic hydroxyl groups is 1. The molecule has 1 aromatic rings. The largest absolute Gasteiger partial charge is 0.393 e. The zero-order valence-corrected chi connectivity index (χ0v) is 19.2. The molecule has 0 bridgehead atoms. The molecule has 1 aliphatic rings. The number of guanidine groups is 1. The predicted octanol–water partition coefficient (Wildman–Crippen LogP) is 2.72. The standard InChI is InChI=1S/C19H31N3O3S.HI/c1-3-15(14-26(24,25)18-8-6-5-7-9-18)21-19(20-4-2)22-16-10-12-17(23)13-11-16;/h5-9,15-17,23H,3-4,10-14H2,1-2H3,(H2,20,21,22);1H. The summed E-state index contributed by atoms with van der Waals surface area (Å²) in [7, 11) is -3.35. The van der Waals surface area contributed by atoms with Crippen LogP contribution < -0.4 is 10.6 Å². The van der Waals surface area contributed by atoms with Gasteiger partial charge in [0.1, 0.15) is 0 Å². The molecule has 0 spiro atoms. The molecule has 0 saturated heterocycles. The van der Waals surface area contributed by atoms with Crippen molar-refractivity contribution in [1.82, 2.24) is 10.6 Å². The molecule has 1 saturated carbocycles. The highest BCUT2D eigenvalue weighted by atomic mass is 127. The van der Waals surface area contributed by atoms with Gasteiger partial charge in [-0.05, 0) is 51.2 Å². The summed E-state index contributed by atoms with van der Waals surface area (Å²) < 4.78 is 25.3. The first-order chi connectivity index (χ1) is 12.4. The lowest BCUT2D eigenvalue weighted by Crippen LogP contribution is -2.50. The zero-order valence-electron chi connectivity index (χ0n) is 16.1. The zero-order chi connectivity index (χ0) is 19.0. The van der Waals surface area contributed by atoms with E-state index in [4.69, 9.17) is 0 Å². The van der Waals surface area contributed by atoms with Crippen LogP contribution in [0.25, 0.3) is 0 Å². The van der Waals surface area contributed by atoms with Gasteiger partial charge in [-0.1, -0.05) is 25.1 Å². The van der Waals surface area contributed by atoms with Crippen LogP contribution in [0.1, 0.15) is 46.0 Å². The number of benzene rings is 1. The summed E-state index contributed by atoms with van der Waals surface area (Å²) in [6.07, 6.45) is 3.84. The van der Waals surface area contributed by atoms with Crippen molar-refractivity contribution in [3.05, 3.63) is 30.3 Å². The molecule has 6 nitrogen and oxygen atoms in total. The lowest BCUT2D eigenvalue weighted by atomic mass is 9.93. The molecule has 1 atom stereocenters. The summed E-state index contributed by atoms with van der Waals surface area (Å²) in [5.74, 6) is 0.686. The minimum atomic E-state index is -3.35. The van der Waals surface area contributed by atoms with E-state index >= 15 is 0 Å². The lowest BCUT2D eigenvalue weighted by Gasteiger charge is -2.29. The summed E-state index contributed by atoms with van der Waals surface area (Å²) in [5.41, 5.74) is 0. The van der Waals surface area contributed by atoms with Gasteiger partial charge < -0.3 is 15.7 Å². The van der Waals surface area contributed by atoms with Gasteiger partial charge in [-0.25, -0.2) is 8.42 Å². The number of halogens is 1. The average molecular weight is 509 g/mol. The molecular weight excluding hydrogens is 477 g/mol. The SMILES string of the molecule is CCN=C(NC1CCC(O)CC1)NC(CC)CS(=O)(=O)c1ccccc1.I. The van der Waals surface area contributed by atoms with Gasteiger partial charge in [-0.2, -0.15) is 0 Å². The number of sulfone groups is 1. The molecule has 27 heavy (non-hydrogen) atoms. The fourth-order valence-electron chi connectivity index (χ4n) is 3.15. The molecule has 0 radical (unpaired) electrons. The van der Waals surface area contributed by atoms with E-state index in [1.165, 1.54) is 0 Å². The molecule has 3 N–H and O–H groups in total. The van der Waals surface area contributed by atoms with E-state index < -0.39 is 9.84 Å². The molecule has 0 aliphatic heterocycles. The van der Waals surface area contributed by atoms with Crippen LogP contribution in [0.2, 0.25) is 0 Å². The molecule has 1 aromatic carbocycles. The molecule has 1 fully saturated rings. The van der Waals surface area contributed by atoms with E-state index in [1.54, 1.807) is 24.3 Å². The van der Waals surface area contributed by atoms with E-state index in [0.717, 1.165) is 25.7 Å². The van der Waals surface area contributed by atoms with Crippen molar-refractivity contribution in [3.63, 3.8) is 0 Å². The lowest BCUT2D eigenvalue weighted by molar-refractivity contribution is 0.120. The van der Waals surface area contributed by atoms with Crippen LogP contribution in [0, 0.1) is 0 Å². The van der Waals surface area contributed by atoms with Crippen molar-refractivity contribution >= 4 is 39.8 Å². The Kier molecular flexibility index (Phi) is 10.6. The summed E-state index contributed by atoms with van der Waals surface area (Å²) in [6.45, 7) is 4.54. The van der Waals surface area contributed by atoms with Crippen LogP contribution in [-0.2, 0) is 9.84 Å². The second-order valence-corrected chi connectivity index (χ2v) is 8.85. The summed E-state index contributed by atoms with van der Waals surface area (Å²) in [5, 5.41) is 16.3. The number of aliphatic hydroxyl groups excluding tert-OH is 1. The third kappa shape index (κ3) is 7.95. The topological polar surface area (TPSA) is 90.8 Å². The Morgan fingerprint density at radius 2 is 1.81 bits per heavy atom. The molecule has 154 valence electrons. The fourth-order valence-corrected chi connectivity index (χ4v) is 4.76. The molecule has 0 aromatic heterocycles. The monoisotopic (exact) mass is 509 g/mol. The minimum Gasteiger partial charge on any atom is -0.393 e. The van der Waals surface area contributed by atoms with Gasteiger partial charge in [0.2, 0.25) is 0 Å². The van der Waals surface area contributed by atoms with Crippen molar-refractivity contribution < 1.29 is 13.5 Å². The van der Waals surface area contributed by atoms with Crippen LogP contribution in [-0.4, -0.2) is 50.0 Å². The van der Waals surface area contributed by atoms with E-state index in [2.05, 4.69) is 15.6 Å². The van der Waals surface area contributed by atoms with E-state index in [9.17, 15) is 13.5 Å². The van der Waals surface area contributed by atoms with Gasteiger partial charge in [-0.3, -0.25) is 4.99 Å². The predicted molar refractivity (Wildman–Crippen MR) is 120 cm³/mol. The molecule has 8 heteroatoms. The minimum absolute atomic E-state index is 0. The summed E-state index contributed by atoms with van der Waals surface area (Å²) in [4.78, 5) is 4.82. The highest BCUT2D eigenvalue weighted by molar-refractivity contribution is 14.0. The van der Waals surface area contributed by atoms with E-state index in [1.807, 2.05) is 19.9 Å². The highest BCUT2D eigenvalue weighted by Gasteiger charge is 2.23. The molecule has 0 amide bonds. The van der Waals surface area contributed by atoms with Crippen molar-refractivity contribution in [1.29, 1.82) is 0 Å². The second kappa shape index (κ2) is 11.9. The highest BCUT2D eigenvalue weighted by Crippen LogP contribution is 2.18. The summed E-state index contributed by atoms with van der Waals surface area (Å²) >= 11 is 0. The van der Waals surface area contributed by atoms with Crippen molar-refractivity contribution in [2.24, 2.45) is 4.99 Å². The van der Waals surface area contributed by atoms with E-state index in [0.29, 0.717) is 23.8 Å². The number of hydrogen-bond donors (Lipinski definition) is 3. The Bertz CT molecular complexity index is 675. The van der Waals surface area contributed by atoms with Gasteiger partial charge in [0.25, 0.3) is 0 Å². The van der Waals surface area contributed by atoms with Crippen LogP contribution in [0.3, 0.4) is 0 Å². The van der Waals surface area contributed by atoms with E-state index in [-0.39, 0.29) is 47.9 Å². The number of hydrogen-bond acceptors (Lipinski definition) is 4. The Labute approximate surface area is 180 Å². The average Bonchev–Trinajstić information content (AvgIpc) is 2.64. The van der Waals surface area contributed by atoms with Crippen LogP contribution in [0.4, 0.5) is 0 Å². The maximum Gasteiger partial charge on any atom is 0.191 e. The Morgan fingerprint density at radius 3 is 2.37 bits per heavy atom. The summed E-state index contributed by atoms with van der Waals surface area (Å²) in [6, 6.07) is 8.61. The second-order valence-electron chi connectivity index (χ2n) is 6.82. The number of nitrogens with one attached hydrogen (secondary N) is 2. The van der Waals surface area contributed by atoms with Gasteiger partial charge in [0.15, 0.2) is 15.8 Å². The normalized spacial score (nSPS) is 21.8. The fraction of sp³-hybridized carbons (Fsp3) is 0.632. The smallest absolute Gasteiger partial charge is 0.191 e. The van der Waals surface area contributed by atoms with Gasteiger partial charge in [0.05, 0.1) is 16.8 Å². The first-order valence-electron chi connectivity index (χ1n) is 9.48. The van der Waals surface area contributed by atoms with Crippen LogP contribution >= 0.6 is 24.0 Å². The van der Waals surface area contributed by atoms with Gasteiger partial charge in [0, 0.05) is 18.6 Å². The van der Waals surface area contributed by atoms with Crippen molar-refractivity contribution in [2.45, 2.75) is 69.0 Å². The molecule has 1 unspecified atom stereocenters. The van der Waals surface area contributed by atoms with Crippen LogP contribution in [0.15, 0.2) is 40.2 Å². The van der Waals surface area contributed by atoms with Crippen molar-refractivity contribution in [2.75, 3.05) is 12.3 Å². The maximum atomic E-state index is 12.6. The third-order valence-corrected chi connectivity index (χ3v) is 6.54.